The number of ether oxygens (including phenoxy) is 1. The topological polar surface area (TPSA) is 21.3 Å². The van der Waals surface area contributed by atoms with E-state index in [1.165, 1.54) is 16.7 Å². The van der Waals surface area contributed by atoms with Gasteiger partial charge in [0.25, 0.3) is 0 Å². The Balaban J connectivity index is 2.08. The van der Waals surface area contributed by atoms with Crippen molar-refractivity contribution in [3.8, 4) is 5.75 Å². The summed E-state index contributed by atoms with van der Waals surface area (Å²) in [4.78, 5) is 0. The average Bonchev–Trinajstić information content (AvgIpc) is 2.89. The number of hydrogen-bond acceptors (Lipinski definition) is 3. The highest BCUT2D eigenvalue weighted by atomic mass is 32.1. The molecule has 0 aliphatic rings. The number of thiophene rings is 1. The first-order valence-electron chi connectivity index (χ1n) is 6.09. The van der Waals surface area contributed by atoms with E-state index < -0.39 is 0 Å². The van der Waals surface area contributed by atoms with Crippen molar-refractivity contribution in [1.29, 1.82) is 0 Å². The summed E-state index contributed by atoms with van der Waals surface area (Å²) in [5, 5.41) is 7.81. The van der Waals surface area contributed by atoms with E-state index in [9.17, 15) is 0 Å². The highest BCUT2D eigenvalue weighted by Crippen LogP contribution is 2.26. The van der Waals surface area contributed by atoms with Gasteiger partial charge in [0, 0.05) is 18.2 Å². The average molecular weight is 261 g/mol. The number of rotatable bonds is 5. The van der Waals surface area contributed by atoms with Gasteiger partial charge >= 0.3 is 0 Å². The summed E-state index contributed by atoms with van der Waals surface area (Å²) in [6, 6.07) is 8.73. The third-order valence-electron chi connectivity index (χ3n) is 3.04. The Morgan fingerprint density at radius 1 is 1.33 bits per heavy atom. The first-order valence-corrected chi connectivity index (χ1v) is 7.04. The molecule has 0 fully saturated rings. The van der Waals surface area contributed by atoms with Crippen LogP contribution in [0, 0.1) is 6.92 Å². The van der Waals surface area contributed by atoms with Crippen molar-refractivity contribution < 1.29 is 4.74 Å². The summed E-state index contributed by atoms with van der Waals surface area (Å²) in [6.45, 7) is 5.17. The van der Waals surface area contributed by atoms with Gasteiger partial charge in [0.1, 0.15) is 5.75 Å². The first kappa shape index (κ1) is 13.1. The van der Waals surface area contributed by atoms with Gasteiger partial charge < -0.3 is 10.1 Å². The number of nitrogens with one attached hydrogen (secondary N) is 1. The van der Waals surface area contributed by atoms with Gasteiger partial charge in [0.05, 0.1) is 7.11 Å². The Morgan fingerprint density at radius 2 is 2.17 bits per heavy atom. The van der Waals surface area contributed by atoms with Gasteiger partial charge in [-0.15, -0.1) is 0 Å². The second kappa shape index (κ2) is 6.03. The van der Waals surface area contributed by atoms with Crippen LogP contribution in [0.2, 0.25) is 0 Å². The fourth-order valence-corrected chi connectivity index (χ4v) is 2.63. The standard InChI is InChI=1S/C15H19NOS/c1-11-4-5-15(17-3)14(8-11)12(2)16-9-13-6-7-18-10-13/h4-8,10,12,16H,9H2,1-3H3. The highest BCUT2D eigenvalue weighted by Gasteiger charge is 2.11. The molecule has 1 unspecified atom stereocenters. The summed E-state index contributed by atoms with van der Waals surface area (Å²) >= 11 is 1.73. The molecular formula is C15H19NOS. The monoisotopic (exact) mass is 261 g/mol. The lowest BCUT2D eigenvalue weighted by Gasteiger charge is -2.17. The molecule has 0 saturated heterocycles. The molecule has 2 rings (SSSR count). The molecule has 0 amide bonds. The number of methoxy groups -OCH3 is 1. The van der Waals surface area contributed by atoms with Gasteiger partial charge in [-0.25, -0.2) is 0 Å². The summed E-state index contributed by atoms with van der Waals surface area (Å²) in [5.74, 6) is 0.950. The van der Waals surface area contributed by atoms with Gasteiger partial charge in [-0.05, 0) is 42.3 Å². The van der Waals surface area contributed by atoms with E-state index in [0.29, 0.717) is 0 Å². The summed E-state index contributed by atoms with van der Waals surface area (Å²) in [5.41, 5.74) is 3.81. The molecule has 1 aromatic carbocycles. The lowest BCUT2D eigenvalue weighted by atomic mass is 10.0. The Morgan fingerprint density at radius 3 is 2.83 bits per heavy atom. The van der Waals surface area contributed by atoms with Crippen molar-refractivity contribution >= 4 is 11.3 Å². The third-order valence-corrected chi connectivity index (χ3v) is 3.78. The quantitative estimate of drug-likeness (QED) is 0.881. The summed E-state index contributed by atoms with van der Waals surface area (Å²) < 4.78 is 5.42. The minimum atomic E-state index is 0.278. The molecule has 1 atom stereocenters. The lowest BCUT2D eigenvalue weighted by Crippen LogP contribution is -2.18. The van der Waals surface area contributed by atoms with Crippen molar-refractivity contribution in [2.75, 3.05) is 7.11 Å². The minimum absolute atomic E-state index is 0.278. The molecule has 0 bridgehead atoms. The summed E-state index contributed by atoms with van der Waals surface area (Å²) in [7, 11) is 1.72. The Bertz CT molecular complexity index is 493. The molecule has 0 aliphatic carbocycles. The maximum atomic E-state index is 5.42. The van der Waals surface area contributed by atoms with Crippen LogP contribution >= 0.6 is 11.3 Å². The predicted octanol–water partition coefficient (Wildman–Crippen LogP) is 3.92. The Hall–Kier alpha value is -1.32. The predicted molar refractivity (Wildman–Crippen MR) is 77.3 cm³/mol. The maximum absolute atomic E-state index is 5.42. The summed E-state index contributed by atoms with van der Waals surface area (Å²) in [6.07, 6.45) is 0. The molecule has 1 heterocycles. The van der Waals surface area contributed by atoms with Gasteiger partial charge in [-0.2, -0.15) is 11.3 Å². The second-order valence-corrected chi connectivity index (χ2v) is 5.26. The van der Waals surface area contributed by atoms with E-state index in [4.69, 9.17) is 4.74 Å². The van der Waals surface area contributed by atoms with Crippen LogP contribution < -0.4 is 10.1 Å². The van der Waals surface area contributed by atoms with Gasteiger partial charge in [0.2, 0.25) is 0 Å². The molecule has 0 spiro atoms. The Labute approximate surface area is 113 Å². The SMILES string of the molecule is COc1ccc(C)cc1C(C)NCc1ccsc1. The van der Waals surface area contributed by atoms with Crippen molar-refractivity contribution in [1.82, 2.24) is 5.32 Å². The van der Waals surface area contributed by atoms with E-state index in [1.54, 1.807) is 18.4 Å². The van der Waals surface area contributed by atoms with E-state index in [-0.39, 0.29) is 6.04 Å². The van der Waals surface area contributed by atoms with Crippen LogP contribution in [0.5, 0.6) is 5.75 Å². The van der Waals surface area contributed by atoms with Crippen molar-refractivity contribution in [3.05, 3.63) is 51.7 Å². The van der Waals surface area contributed by atoms with Crippen LogP contribution in [0.15, 0.2) is 35.0 Å². The zero-order valence-corrected chi connectivity index (χ0v) is 11.9. The Kier molecular flexibility index (Phi) is 4.39. The lowest BCUT2D eigenvalue weighted by molar-refractivity contribution is 0.401. The molecule has 0 aliphatic heterocycles. The fourth-order valence-electron chi connectivity index (χ4n) is 1.97. The van der Waals surface area contributed by atoms with E-state index in [2.05, 4.69) is 48.1 Å². The van der Waals surface area contributed by atoms with Gasteiger partial charge in [0.15, 0.2) is 0 Å². The second-order valence-electron chi connectivity index (χ2n) is 4.48. The molecular weight excluding hydrogens is 242 g/mol. The third kappa shape index (κ3) is 3.12. The molecule has 2 aromatic rings. The van der Waals surface area contributed by atoms with Crippen LogP contribution in [-0.2, 0) is 6.54 Å². The van der Waals surface area contributed by atoms with Crippen LogP contribution in [0.1, 0.15) is 29.7 Å². The fraction of sp³-hybridized carbons (Fsp3) is 0.333. The molecule has 18 heavy (non-hydrogen) atoms. The molecule has 1 N–H and O–H groups in total. The van der Waals surface area contributed by atoms with Crippen molar-refractivity contribution in [2.45, 2.75) is 26.4 Å². The smallest absolute Gasteiger partial charge is 0.123 e. The van der Waals surface area contributed by atoms with Gasteiger partial charge in [-0.3, -0.25) is 0 Å². The largest absolute Gasteiger partial charge is 0.496 e. The first-order chi connectivity index (χ1) is 8.70. The maximum Gasteiger partial charge on any atom is 0.123 e. The zero-order valence-electron chi connectivity index (χ0n) is 11.1. The van der Waals surface area contributed by atoms with Crippen LogP contribution in [0.4, 0.5) is 0 Å². The van der Waals surface area contributed by atoms with E-state index in [0.717, 1.165) is 12.3 Å². The molecule has 0 radical (unpaired) electrons. The zero-order chi connectivity index (χ0) is 13.0. The molecule has 96 valence electrons. The number of benzene rings is 1. The van der Waals surface area contributed by atoms with Crippen LogP contribution in [0.3, 0.4) is 0 Å². The number of aryl methyl sites for hydroxylation is 1. The molecule has 0 saturated carbocycles. The van der Waals surface area contributed by atoms with Crippen molar-refractivity contribution in [2.24, 2.45) is 0 Å². The highest BCUT2D eigenvalue weighted by molar-refractivity contribution is 7.07. The molecule has 3 heteroatoms. The molecule has 2 nitrogen and oxygen atoms in total. The van der Waals surface area contributed by atoms with Gasteiger partial charge in [-0.1, -0.05) is 17.7 Å². The normalized spacial score (nSPS) is 12.4. The van der Waals surface area contributed by atoms with Crippen LogP contribution in [0.25, 0.3) is 0 Å². The van der Waals surface area contributed by atoms with E-state index in [1.807, 2.05) is 6.07 Å². The minimum Gasteiger partial charge on any atom is -0.496 e. The van der Waals surface area contributed by atoms with Crippen LogP contribution in [-0.4, -0.2) is 7.11 Å². The molecule has 1 aromatic heterocycles. The number of hydrogen-bond donors (Lipinski definition) is 1. The van der Waals surface area contributed by atoms with Crippen molar-refractivity contribution in [3.63, 3.8) is 0 Å². The van der Waals surface area contributed by atoms with E-state index >= 15 is 0 Å².